The van der Waals surface area contributed by atoms with E-state index in [0.29, 0.717) is 10.6 Å². The van der Waals surface area contributed by atoms with Crippen LogP contribution in [0, 0.1) is 11.6 Å². The molecule has 0 unspecified atom stereocenters. The fourth-order valence-corrected chi connectivity index (χ4v) is 2.39. The number of benzene rings is 2. The van der Waals surface area contributed by atoms with Crippen LogP contribution in [0.3, 0.4) is 0 Å². The van der Waals surface area contributed by atoms with E-state index in [1.807, 2.05) is 0 Å². The van der Waals surface area contributed by atoms with Gasteiger partial charge in [0.1, 0.15) is 23.9 Å². The minimum atomic E-state index is -0.883. The Hall–Kier alpha value is -2.73. The molecule has 2 amide bonds. The largest absolute Gasteiger partial charge is 0.330 e. The van der Waals surface area contributed by atoms with Crippen molar-refractivity contribution in [3.8, 4) is 0 Å². The van der Waals surface area contributed by atoms with Gasteiger partial charge in [-0.25, -0.2) is 8.78 Å². The number of nitrogens with zero attached hydrogens (tertiary/aromatic N) is 1. The van der Waals surface area contributed by atoms with Gasteiger partial charge in [0.05, 0.1) is 0 Å². The lowest BCUT2D eigenvalue weighted by molar-refractivity contribution is -0.130. The van der Waals surface area contributed by atoms with Crippen LogP contribution < -0.4 is 5.32 Å². The van der Waals surface area contributed by atoms with Crippen LogP contribution in [0.15, 0.2) is 48.5 Å². The summed E-state index contributed by atoms with van der Waals surface area (Å²) in [5.74, 6) is -2.88. The maximum absolute atomic E-state index is 13.6. The molecule has 2 rings (SSSR count). The molecule has 0 spiro atoms. The summed E-state index contributed by atoms with van der Waals surface area (Å²) < 4.78 is 27.2. The fourth-order valence-electron chi connectivity index (χ4n) is 2.19. The first-order valence-corrected chi connectivity index (χ1v) is 8.25. The van der Waals surface area contributed by atoms with Crippen LogP contribution in [0.25, 0.3) is 6.08 Å². The second-order valence-corrected chi connectivity index (χ2v) is 5.76. The van der Waals surface area contributed by atoms with Crippen molar-refractivity contribution < 1.29 is 18.4 Å². The molecule has 136 valence electrons. The van der Waals surface area contributed by atoms with Crippen LogP contribution in [0.1, 0.15) is 12.5 Å². The van der Waals surface area contributed by atoms with Gasteiger partial charge in [-0.2, -0.15) is 0 Å². The first-order valence-electron chi connectivity index (χ1n) is 7.87. The zero-order chi connectivity index (χ0) is 19.1. The topological polar surface area (TPSA) is 49.4 Å². The molecular weight excluding hydrogens is 362 g/mol. The number of nitrogens with one attached hydrogen (secondary N) is 1. The summed E-state index contributed by atoms with van der Waals surface area (Å²) in [7, 11) is 0. The van der Waals surface area contributed by atoms with Crippen LogP contribution in [0.2, 0.25) is 5.02 Å². The molecule has 2 aromatic carbocycles. The van der Waals surface area contributed by atoms with Gasteiger partial charge in [0.2, 0.25) is 11.8 Å². The average molecular weight is 379 g/mol. The van der Waals surface area contributed by atoms with E-state index in [4.69, 9.17) is 11.6 Å². The van der Waals surface area contributed by atoms with Gasteiger partial charge in [0.15, 0.2) is 0 Å². The molecule has 0 radical (unpaired) electrons. The number of carbonyl (C=O) groups is 2. The molecule has 0 aliphatic heterocycles. The molecule has 0 atom stereocenters. The second kappa shape index (κ2) is 9.10. The van der Waals surface area contributed by atoms with Gasteiger partial charge < -0.3 is 10.2 Å². The van der Waals surface area contributed by atoms with Gasteiger partial charge in [-0.05, 0) is 36.8 Å². The maximum atomic E-state index is 13.6. The standard InChI is InChI=1S/C19H17ClF2N2O2/c1-2-24(18(26)11-10-13-6-3-4-7-14(13)20)12-17(25)23-19-15(21)8-5-9-16(19)22/h3-11H,2,12H2,1H3,(H,23,25)/b11-10+. The Labute approximate surface area is 155 Å². The lowest BCUT2D eigenvalue weighted by atomic mass is 10.2. The fraction of sp³-hybridized carbons (Fsp3) is 0.158. The minimum absolute atomic E-state index is 0.249. The monoisotopic (exact) mass is 378 g/mol. The molecule has 0 aliphatic carbocycles. The first-order chi connectivity index (χ1) is 12.4. The van der Waals surface area contributed by atoms with Gasteiger partial charge in [-0.1, -0.05) is 35.9 Å². The van der Waals surface area contributed by atoms with Crippen LogP contribution >= 0.6 is 11.6 Å². The molecule has 0 saturated heterocycles. The Bertz CT molecular complexity index is 820. The van der Waals surface area contributed by atoms with E-state index in [9.17, 15) is 18.4 Å². The van der Waals surface area contributed by atoms with Crippen LogP contribution in [0.5, 0.6) is 0 Å². The third kappa shape index (κ3) is 5.13. The van der Waals surface area contributed by atoms with Crippen LogP contribution in [0.4, 0.5) is 14.5 Å². The lowest BCUT2D eigenvalue weighted by Gasteiger charge is -2.19. The van der Waals surface area contributed by atoms with Crippen molar-refractivity contribution in [2.24, 2.45) is 0 Å². The molecule has 26 heavy (non-hydrogen) atoms. The number of anilines is 1. The molecule has 0 aliphatic rings. The number of hydrogen-bond acceptors (Lipinski definition) is 2. The zero-order valence-electron chi connectivity index (χ0n) is 14.0. The third-order valence-electron chi connectivity index (χ3n) is 3.57. The van der Waals surface area contributed by atoms with Crippen molar-refractivity contribution >= 4 is 35.2 Å². The van der Waals surface area contributed by atoms with Crippen molar-refractivity contribution in [3.05, 3.63) is 70.8 Å². The SMILES string of the molecule is CCN(CC(=O)Nc1c(F)cccc1F)C(=O)/C=C/c1ccccc1Cl. The highest BCUT2D eigenvalue weighted by Gasteiger charge is 2.16. The molecule has 1 N–H and O–H groups in total. The Morgan fingerprint density at radius 1 is 1.12 bits per heavy atom. The van der Waals surface area contributed by atoms with E-state index in [2.05, 4.69) is 5.32 Å². The molecule has 0 bridgehead atoms. The van der Waals surface area contributed by atoms with Crippen molar-refractivity contribution in [1.82, 2.24) is 4.90 Å². The van der Waals surface area contributed by atoms with E-state index in [-0.39, 0.29) is 13.1 Å². The normalized spacial score (nSPS) is 10.8. The Balaban J connectivity index is 2.03. The summed E-state index contributed by atoms with van der Waals surface area (Å²) in [6.45, 7) is 1.60. The van der Waals surface area contributed by atoms with Crippen molar-refractivity contribution in [1.29, 1.82) is 0 Å². The molecule has 0 aromatic heterocycles. The number of halogens is 3. The van der Waals surface area contributed by atoms with E-state index in [0.717, 1.165) is 12.1 Å². The van der Waals surface area contributed by atoms with Gasteiger partial charge >= 0.3 is 0 Å². The predicted octanol–water partition coefficient (Wildman–Crippen LogP) is 4.12. The van der Waals surface area contributed by atoms with Gasteiger partial charge in [0, 0.05) is 17.6 Å². The molecule has 0 saturated carbocycles. The molecule has 0 fully saturated rings. The Kier molecular flexibility index (Phi) is 6.86. The summed E-state index contributed by atoms with van der Waals surface area (Å²) >= 11 is 6.01. The van der Waals surface area contributed by atoms with Gasteiger partial charge in [-0.3, -0.25) is 9.59 Å². The number of amides is 2. The molecule has 4 nitrogen and oxygen atoms in total. The van der Waals surface area contributed by atoms with Crippen LogP contribution in [-0.2, 0) is 9.59 Å². The zero-order valence-corrected chi connectivity index (χ0v) is 14.8. The Morgan fingerprint density at radius 2 is 1.77 bits per heavy atom. The number of rotatable bonds is 6. The van der Waals surface area contributed by atoms with E-state index in [1.165, 1.54) is 17.0 Å². The van der Waals surface area contributed by atoms with Crippen molar-refractivity contribution in [3.63, 3.8) is 0 Å². The number of para-hydroxylation sites is 1. The first kappa shape index (κ1) is 19.6. The number of likely N-dealkylation sites (N-methyl/N-ethyl adjacent to an activating group) is 1. The summed E-state index contributed by atoms with van der Waals surface area (Å²) in [5.41, 5.74) is 0.129. The molecule has 0 heterocycles. The van der Waals surface area contributed by atoms with Gasteiger partial charge in [0.25, 0.3) is 0 Å². The summed E-state index contributed by atoms with van der Waals surface area (Å²) in [6.07, 6.45) is 2.84. The van der Waals surface area contributed by atoms with Crippen molar-refractivity contribution in [2.75, 3.05) is 18.4 Å². The van der Waals surface area contributed by atoms with E-state index >= 15 is 0 Å². The van der Waals surface area contributed by atoms with Crippen LogP contribution in [-0.4, -0.2) is 29.8 Å². The average Bonchev–Trinajstić information content (AvgIpc) is 2.62. The third-order valence-corrected chi connectivity index (χ3v) is 3.91. The summed E-state index contributed by atoms with van der Waals surface area (Å²) in [4.78, 5) is 25.5. The van der Waals surface area contributed by atoms with Crippen molar-refractivity contribution in [2.45, 2.75) is 6.92 Å². The highest BCUT2D eigenvalue weighted by molar-refractivity contribution is 6.32. The predicted molar refractivity (Wildman–Crippen MR) is 97.7 cm³/mol. The lowest BCUT2D eigenvalue weighted by Crippen LogP contribution is -2.37. The second-order valence-electron chi connectivity index (χ2n) is 5.35. The Morgan fingerprint density at radius 3 is 2.38 bits per heavy atom. The highest BCUT2D eigenvalue weighted by atomic mass is 35.5. The molecular formula is C19H17ClF2N2O2. The van der Waals surface area contributed by atoms with Gasteiger partial charge in [-0.15, -0.1) is 0 Å². The smallest absolute Gasteiger partial charge is 0.247 e. The maximum Gasteiger partial charge on any atom is 0.247 e. The summed E-state index contributed by atoms with van der Waals surface area (Å²) in [6, 6.07) is 10.3. The highest BCUT2D eigenvalue weighted by Crippen LogP contribution is 2.18. The molecule has 7 heteroatoms. The quantitative estimate of drug-likeness (QED) is 0.769. The van der Waals surface area contributed by atoms with E-state index in [1.54, 1.807) is 37.3 Å². The molecule has 2 aromatic rings. The number of hydrogen-bond donors (Lipinski definition) is 1. The van der Waals surface area contributed by atoms with E-state index < -0.39 is 29.1 Å². The number of carbonyl (C=O) groups excluding carboxylic acids is 2. The summed E-state index contributed by atoms with van der Waals surface area (Å²) in [5, 5.41) is 2.65. The minimum Gasteiger partial charge on any atom is -0.330 e.